The van der Waals surface area contributed by atoms with Crippen LogP contribution in [0.5, 0.6) is 0 Å². The zero-order valence-electron chi connectivity index (χ0n) is 14.6. The van der Waals surface area contributed by atoms with Gasteiger partial charge in [-0.1, -0.05) is 41.5 Å². The van der Waals surface area contributed by atoms with Crippen molar-refractivity contribution in [1.29, 1.82) is 0 Å². The summed E-state index contributed by atoms with van der Waals surface area (Å²) in [6.45, 7) is -0.377. The number of nitrogens with zero attached hydrogens (tertiary/aromatic N) is 3. The van der Waals surface area contributed by atoms with Crippen molar-refractivity contribution in [2.24, 2.45) is 5.11 Å². The van der Waals surface area contributed by atoms with Crippen LogP contribution in [0, 0.1) is 0 Å². The fourth-order valence-electron chi connectivity index (χ4n) is 2.70. The number of alkyl halides is 1. The molecule has 0 spiro atoms. The summed E-state index contributed by atoms with van der Waals surface area (Å²) < 4.78 is 30.3. The summed E-state index contributed by atoms with van der Waals surface area (Å²) in [5, 5.41) is 3.22. The first-order valence-electron chi connectivity index (χ1n) is 8.42. The fraction of sp³-hybridized carbons (Fsp3) is 0.263. The summed E-state index contributed by atoms with van der Waals surface area (Å²) >= 11 is 0. The monoisotopic (exact) mass is 385 g/mol. The Morgan fingerprint density at radius 3 is 2.18 bits per heavy atom. The van der Waals surface area contributed by atoms with E-state index in [-0.39, 0.29) is 12.2 Å². The molecule has 2 aromatic carbocycles. The quantitative estimate of drug-likeness (QED) is 0.327. The van der Waals surface area contributed by atoms with E-state index in [1.807, 2.05) is 0 Å². The molecule has 1 aliphatic heterocycles. The largest absolute Gasteiger partial charge is 0.459 e. The van der Waals surface area contributed by atoms with Gasteiger partial charge in [0.25, 0.3) is 0 Å². The molecule has 0 aliphatic carbocycles. The molecule has 0 N–H and O–H groups in total. The Bertz CT molecular complexity index is 874. The number of rotatable bonds is 6. The van der Waals surface area contributed by atoms with Crippen LogP contribution in [0.1, 0.15) is 20.7 Å². The summed E-state index contributed by atoms with van der Waals surface area (Å²) in [5.41, 5.74) is 9.09. The third-order valence-electron chi connectivity index (χ3n) is 4.07. The average molecular weight is 385 g/mol. The highest BCUT2D eigenvalue weighted by Gasteiger charge is 2.48. The van der Waals surface area contributed by atoms with Crippen molar-refractivity contribution in [3.8, 4) is 0 Å². The SMILES string of the molecule is [N-]=[N+]=N[C@@H]1O[C@@H](COC(=O)c2ccccc2)[C@H](OC(=O)c2ccccc2)[C@H]1F. The molecule has 1 fully saturated rings. The van der Waals surface area contributed by atoms with E-state index in [1.165, 1.54) is 12.1 Å². The predicted octanol–water partition coefficient (Wildman–Crippen LogP) is 3.44. The van der Waals surface area contributed by atoms with Crippen molar-refractivity contribution in [2.45, 2.75) is 24.6 Å². The molecular weight excluding hydrogens is 369 g/mol. The molecule has 0 radical (unpaired) electrons. The van der Waals surface area contributed by atoms with Gasteiger partial charge >= 0.3 is 11.9 Å². The number of ether oxygens (including phenoxy) is 3. The van der Waals surface area contributed by atoms with Gasteiger partial charge in [-0.2, -0.15) is 0 Å². The molecule has 3 rings (SSSR count). The highest BCUT2D eigenvalue weighted by molar-refractivity contribution is 5.90. The van der Waals surface area contributed by atoms with Gasteiger partial charge < -0.3 is 14.2 Å². The first-order chi connectivity index (χ1) is 13.6. The van der Waals surface area contributed by atoms with Gasteiger partial charge in [0.15, 0.2) is 18.5 Å². The number of carbonyl (C=O) groups is 2. The van der Waals surface area contributed by atoms with Crippen LogP contribution in [0.3, 0.4) is 0 Å². The normalized spacial score (nSPS) is 23.5. The fourth-order valence-corrected chi connectivity index (χ4v) is 2.70. The van der Waals surface area contributed by atoms with Gasteiger partial charge in [0.1, 0.15) is 12.7 Å². The number of benzene rings is 2. The maximum absolute atomic E-state index is 14.6. The summed E-state index contributed by atoms with van der Waals surface area (Å²) in [6.07, 6.45) is -5.90. The molecule has 4 atom stereocenters. The van der Waals surface area contributed by atoms with Crippen molar-refractivity contribution < 1.29 is 28.2 Å². The van der Waals surface area contributed by atoms with E-state index in [2.05, 4.69) is 10.0 Å². The zero-order chi connectivity index (χ0) is 19.9. The first kappa shape index (κ1) is 19.3. The number of azide groups is 1. The molecule has 0 aromatic heterocycles. The molecule has 144 valence electrons. The van der Waals surface area contributed by atoms with Crippen LogP contribution in [0.25, 0.3) is 10.4 Å². The standard InChI is InChI=1S/C19H16FN3O5/c20-15-16(28-19(25)13-9-5-2-6-10-13)14(27-17(15)22-23-21)11-26-18(24)12-7-3-1-4-8-12/h1-10,14-17H,11H2/t14-,15+,16-,17+/m0/s1. The minimum absolute atomic E-state index is 0.224. The Morgan fingerprint density at radius 1 is 1.04 bits per heavy atom. The Labute approximate surface area is 159 Å². The summed E-state index contributed by atoms with van der Waals surface area (Å²) in [7, 11) is 0. The van der Waals surface area contributed by atoms with Gasteiger partial charge in [-0.3, -0.25) is 0 Å². The van der Waals surface area contributed by atoms with Gasteiger partial charge in [0.2, 0.25) is 0 Å². The van der Waals surface area contributed by atoms with Crippen molar-refractivity contribution >= 4 is 11.9 Å². The van der Waals surface area contributed by atoms with Gasteiger partial charge in [-0.05, 0) is 29.8 Å². The number of halogens is 1. The van der Waals surface area contributed by atoms with Crippen LogP contribution < -0.4 is 0 Å². The Hall–Kier alpha value is -3.42. The maximum atomic E-state index is 14.6. The molecule has 1 heterocycles. The minimum Gasteiger partial charge on any atom is -0.459 e. The van der Waals surface area contributed by atoms with E-state index in [9.17, 15) is 14.0 Å². The van der Waals surface area contributed by atoms with Crippen LogP contribution in [-0.2, 0) is 14.2 Å². The molecule has 2 aromatic rings. The second-order valence-electron chi connectivity index (χ2n) is 5.91. The number of carbonyl (C=O) groups excluding carboxylic acids is 2. The average Bonchev–Trinajstić information content (AvgIpc) is 3.02. The number of hydrogen-bond donors (Lipinski definition) is 0. The van der Waals surface area contributed by atoms with Gasteiger partial charge in [-0.25, -0.2) is 14.0 Å². The van der Waals surface area contributed by atoms with E-state index in [0.29, 0.717) is 5.56 Å². The molecule has 1 aliphatic rings. The minimum atomic E-state index is -1.90. The lowest BCUT2D eigenvalue weighted by Crippen LogP contribution is -2.37. The summed E-state index contributed by atoms with van der Waals surface area (Å²) in [6, 6.07) is 16.2. The Balaban J connectivity index is 1.70. The summed E-state index contributed by atoms with van der Waals surface area (Å²) in [5.74, 6) is -1.40. The zero-order valence-corrected chi connectivity index (χ0v) is 14.6. The number of esters is 2. The molecule has 1 saturated heterocycles. The van der Waals surface area contributed by atoms with E-state index in [4.69, 9.17) is 19.7 Å². The predicted molar refractivity (Wildman–Crippen MR) is 95.1 cm³/mol. The van der Waals surface area contributed by atoms with Crippen molar-refractivity contribution in [3.63, 3.8) is 0 Å². The van der Waals surface area contributed by atoms with E-state index < -0.39 is 36.5 Å². The third-order valence-corrected chi connectivity index (χ3v) is 4.07. The smallest absolute Gasteiger partial charge is 0.338 e. The van der Waals surface area contributed by atoms with Crippen molar-refractivity contribution in [2.75, 3.05) is 6.61 Å². The van der Waals surface area contributed by atoms with Gasteiger partial charge in [0, 0.05) is 4.91 Å². The second-order valence-corrected chi connectivity index (χ2v) is 5.91. The van der Waals surface area contributed by atoms with Crippen LogP contribution in [0.2, 0.25) is 0 Å². The Kier molecular flexibility index (Phi) is 6.21. The van der Waals surface area contributed by atoms with Gasteiger partial charge in [0.05, 0.1) is 11.1 Å². The molecule has 28 heavy (non-hydrogen) atoms. The molecular formula is C19H16FN3O5. The molecule has 0 unspecified atom stereocenters. The number of hydrogen-bond acceptors (Lipinski definition) is 6. The van der Waals surface area contributed by atoms with Crippen LogP contribution in [-0.4, -0.2) is 43.2 Å². The van der Waals surface area contributed by atoms with E-state index in [1.54, 1.807) is 48.5 Å². The maximum Gasteiger partial charge on any atom is 0.338 e. The lowest BCUT2D eigenvalue weighted by Gasteiger charge is -2.20. The van der Waals surface area contributed by atoms with E-state index in [0.717, 1.165) is 0 Å². The third kappa shape index (κ3) is 4.46. The lowest BCUT2D eigenvalue weighted by molar-refractivity contribution is -0.0416. The Morgan fingerprint density at radius 2 is 1.61 bits per heavy atom. The first-order valence-corrected chi connectivity index (χ1v) is 8.42. The van der Waals surface area contributed by atoms with Gasteiger partial charge in [-0.15, -0.1) is 0 Å². The summed E-state index contributed by atoms with van der Waals surface area (Å²) in [4.78, 5) is 26.9. The van der Waals surface area contributed by atoms with Crippen molar-refractivity contribution in [3.05, 3.63) is 82.2 Å². The molecule has 0 saturated carbocycles. The highest BCUT2D eigenvalue weighted by Crippen LogP contribution is 2.29. The highest BCUT2D eigenvalue weighted by atomic mass is 19.1. The molecule has 0 bridgehead atoms. The molecule has 0 amide bonds. The van der Waals surface area contributed by atoms with Crippen LogP contribution in [0.15, 0.2) is 65.8 Å². The van der Waals surface area contributed by atoms with Crippen LogP contribution >= 0.6 is 0 Å². The lowest BCUT2D eigenvalue weighted by atomic mass is 10.1. The topological polar surface area (TPSA) is 111 Å². The second kappa shape index (κ2) is 8.98. The molecule has 9 heteroatoms. The van der Waals surface area contributed by atoms with Crippen molar-refractivity contribution in [1.82, 2.24) is 0 Å². The van der Waals surface area contributed by atoms with Crippen LogP contribution in [0.4, 0.5) is 4.39 Å². The molecule has 8 nitrogen and oxygen atoms in total. The van der Waals surface area contributed by atoms with E-state index >= 15 is 0 Å².